The predicted molar refractivity (Wildman–Crippen MR) is 82.6 cm³/mol. The zero-order valence-electron chi connectivity index (χ0n) is 10.5. The average Bonchev–Trinajstić information content (AvgIpc) is 2.40. The van der Waals surface area contributed by atoms with Crippen LogP contribution in [0.25, 0.3) is 10.8 Å². The van der Waals surface area contributed by atoms with Gasteiger partial charge in [0, 0.05) is 0 Å². The van der Waals surface area contributed by atoms with Gasteiger partial charge in [-0.15, -0.1) is 0 Å². The van der Waals surface area contributed by atoms with Gasteiger partial charge < -0.3 is 11.0 Å². The van der Waals surface area contributed by atoms with Crippen LogP contribution >= 0.6 is 0 Å². The Kier molecular flexibility index (Phi) is 5.30. The van der Waals surface area contributed by atoms with Crippen molar-refractivity contribution < 1.29 is 11.0 Å². The molecule has 95 valence electrons. The van der Waals surface area contributed by atoms with Crippen molar-refractivity contribution in [3.8, 4) is 0 Å². The summed E-state index contributed by atoms with van der Waals surface area (Å²) in [6.45, 7) is 0. The highest BCUT2D eigenvalue weighted by Gasteiger charge is 1.99. The lowest BCUT2D eigenvalue weighted by atomic mass is 9.64. The van der Waals surface area contributed by atoms with Crippen molar-refractivity contribution in [2.24, 2.45) is 0 Å². The summed E-state index contributed by atoms with van der Waals surface area (Å²) in [5, 5.41) is 2.58. The van der Waals surface area contributed by atoms with E-state index in [9.17, 15) is 0 Å². The summed E-state index contributed by atoms with van der Waals surface area (Å²) in [5.74, 6) is 0. The van der Waals surface area contributed by atoms with E-state index in [2.05, 4.69) is 74.0 Å². The molecule has 3 aromatic carbocycles. The van der Waals surface area contributed by atoms with E-state index in [1.165, 1.54) is 21.7 Å². The van der Waals surface area contributed by atoms with Gasteiger partial charge in [0.25, 0.3) is 0 Å². The van der Waals surface area contributed by atoms with Gasteiger partial charge in [-0.3, -0.25) is 0 Å². The molecule has 4 N–H and O–H groups in total. The van der Waals surface area contributed by atoms with Crippen molar-refractivity contribution in [2.45, 2.75) is 0 Å². The van der Waals surface area contributed by atoms with Gasteiger partial charge in [0.2, 0.25) is 0 Å². The topological polar surface area (TPSA) is 63.0 Å². The summed E-state index contributed by atoms with van der Waals surface area (Å²) >= 11 is 0. The van der Waals surface area contributed by atoms with Gasteiger partial charge in [-0.1, -0.05) is 83.7 Å². The van der Waals surface area contributed by atoms with Crippen LogP contribution in [0.3, 0.4) is 0 Å². The van der Waals surface area contributed by atoms with Crippen molar-refractivity contribution in [3.05, 3.63) is 72.8 Å². The van der Waals surface area contributed by atoms with Crippen molar-refractivity contribution >= 4 is 29.0 Å². The summed E-state index contributed by atoms with van der Waals surface area (Å²) in [6.07, 6.45) is 0. The first kappa shape index (κ1) is 15.0. The van der Waals surface area contributed by atoms with Crippen molar-refractivity contribution in [3.63, 3.8) is 0 Å². The van der Waals surface area contributed by atoms with E-state index in [-0.39, 0.29) is 11.0 Å². The Morgan fingerprint density at radius 3 is 1.89 bits per heavy atom. The van der Waals surface area contributed by atoms with Crippen LogP contribution in [-0.4, -0.2) is 18.2 Å². The van der Waals surface area contributed by atoms with Crippen LogP contribution in [-0.2, 0) is 0 Å². The van der Waals surface area contributed by atoms with E-state index in [0.717, 1.165) is 0 Å². The summed E-state index contributed by atoms with van der Waals surface area (Å²) in [5.41, 5.74) is 2.48. The van der Waals surface area contributed by atoms with Crippen LogP contribution in [0.15, 0.2) is 72.8 Å². The first-order valence-electron chi connectivity index (χ1n) is 5.80. The van der Waals surface area contributed by atoms with E-state index in [0.29, 0.717) is 0 Å². The molecule has 0 atom stereocenters. The lowest BCUT2D eigenvalue weighted by Crippen LogP contribution is -2.26. The van der Waals surface area contributed by atoms with Gasteiger partial charge in [-0.05, 0) is 10.8 Å². The number of hydrogen-bond acceptors (Lipinski definition) is 0. The zero-order valence-corrected chi connectivity index (χ0v) is 10.5. The maximum absolute atomic E-state index is 2.22. The van der Waals surface area contributed by atoms with Crippen molar-refractivity contribution in [1.82, 2.24) is 0 Å². The van der Waals surface area contributed by atoms with Crippen LogP contribution in [0.4, 0.5) is 0 Å². The third kappa shape index (κ3) is 3.44. The Morgan fingerprint density at radius 2 is 1.16 bits per heavy atom. The number of benzene rings is 3. The monoisotopic (exact) mass is 251 g/mol. The van der Waals surface area contributed by atoms with E-state index in [1.54, 1.807) is 0 Å². The molecular weight excluding hydrogens is 235 g/mol. The fourth-order valence-electron chi connectivity index (χ4n) is 2.04. The summed E-state index contributed by atoms with van der Waals surface area (Å²) < 4.78 is 0. The van der Waals surface area contributed by atoms with Gasteiger partial charge in [0.15, 0.2) is 7.28 Å². The smallest absolute Gasteiger partial charge is 0.191 e. The highest BCUT2D eigenvalue weighted by molar-refractivity contribution is 6.67. The third-order valence-corrected chi connectivity index (χ3v) is 2.91. The van der Waals surface area contributed by atoms with E-state index < -0.39 is 0 Å². The minimum absolute atomic E-state index is 0. The quantitative estimate of drug-likeness (QED) is 0.606. The first-order chi connectivity index (χ1) is 8.42. The minimum atomic E-state index is 0. The molecule has 0 saturated carbocycles. The Hall–Kier alpha value is -2.10. The van der Waals surface area contributed by atoms with Gasteiger partial charge in [-0.25, -0.2) is 0 Å². The third-order valence-electron chi connectivity index (χ3n) is 2.91. The van der Waals surface area contributed by atoms with E-state index in [4.69, 9.17) is 0 Å². The second-order valence-electron chi connectivity index (χ2n) is 4.16. The highest BCUT2D eigenvalue weighted by atomic mass is 16.0. The minimum Gasteiger partial charge on any atom is -0.412 e. The van der Waals surface area contributed by atoms with Gasteiger partial charge in [0.1, 0.15) is 0 Å². The van der Waals surface area contributed by atoms with Crippen molar-refractivity contribution in [2.75, 3.05) is 0 Å². The van der Waals surface area contributed by atoms with Crippen LogP contribution in [0.5, 0.6) is 0 Å². The molecule has 0 saturated heterocycles. The molecule has 3 aromatic rings. The SMILES string of the molecule is O.O.[B](c1ccccc1)c1ccc2ccccc2c1. The lowest BCUT2D eigenvalue weighted by Gasteiger charge is -2.03. The number of rotatable bonds is 2. The molecule has 0 aliphatic heterocycles. The molecule has 0 aliphatic rings. The second kappa shape index (κ2) is 6.73. The Labute approximate surface area is 113 Å². The Balaban J connectivity index is 0.000000902. The van der Waals surface area contributed by atoms with Crippen LogP contribution in [0.1, 0.15) is 0 Å². The van der Waals surface area contributed by atoms with Gasteiger partial charge in [0.05, 0.1) is 0 Å². The largest absolute Gasteiger partial charge is 0.412 e. The fourth-order valence-corrected chi connectivity index (χ4v) is 2.04. The number of fused-ring (bicyclic) bond motifs is 1. The standard InChI is InChI=1S/C16H12B.2H2O/c1-2-8-15(9-3-1)17-16-11-10-13-6-4-5-7-14(13)12-16;;/h1-12H;2*1H2. The molecular formula is C16H16BO2. The van der Waals surface area contributed by atoms with E-state index >= 15 is 0 Å². The van der Waals surface area contributed by atoms with Crippen LogP contribution < -0.4 is 10.9 Å². The lowest BCUT2D eigenvalue weighted by molar-refractivity contribution is 0.823. The maximum Gasteiger partial charge on any atom is 0.191 e. The second-order valence-corrected chi connectivity index (χ2v) is 4.16. The van der Waals surface area contributed by atoms with E-state index in [1.807, 2.05) is 6.07 Å². The summed E-state index contributed by atoms with van der Waals surface area (Å²) in [7, 11) is 2.20. The Morgan fingerprint density at radius 1 is 0.526 bits per heavy atom. The fraction of sp³-hybridized carbons (Fsp3) is 0. The Bertz CT molecular complexity index is 638. The molecule has 2 nitrogen and oxygen atoms in total. The summed E-state index contributed by atoms with van der Waals surface area (Å²) in [6, 6.07) is 25.4. The molecule has 0 aromatic heterocycles. The number of hydrogen-bond donors (Lipinski definition) is 0. The molecule has 3 heteroatoms. The zero-order chi connectivity index (χ0) is 11.5. The molecule has 1 radical (unpaired) electrons. The van der Waals surface area contributed by atoms with Gasteiger partial charge in [-0.2, -0.15) is 0 Å². The normalized spacial score (nSPS) is 9.26. The van der Waals surface area contributed by atoms with Gasteiger partial charge >= 0.3 is 0 Å². The first-order valence-corrected chi connectivity index (χ1v) is 5.80. The van der Waals surface area contributed by atoms with Crippen LogP contribution in [0, 0.1) is 0 Å². The molecule has 0 fully saturated rings. The molecule has 3 rings (SSSR count). The molecule has 0 aliphatic carbocycles. The molecule has 19 heavy (non-hydrogen) atoms. The highest BCUT2D eigenvalue weighted by Crippen LogP contribution is 2.10. The predicted octanol–water partition coefficient (Wildman–Crippen LogP) is 0.845. The molecule has 0 amide bonds. The molecule has 0 unspecified atom stereocenters. The average molecular weight is 251 g/mol. The van der Waals surface area contributed by atoms with Crippen molar-refractivity contribution in [1.29, 1.82) is 0 Å². The molecule has 0 spiro atoms. The summed E-state index contributed by atoms with van der Waals surface area (Å²) in [4.78, 5) is 0. The molecule has 0 heterocycles. The van der Waals surface area contributed by atoms with Crippen LogP contribution in [0.2, 0.25) is 0 Å². The maximum atomic E-state index is 2.22. The molecule has 0 bridgehead atoms.